The van der Waals surface area contributed by atoms with Crippen molar-refractivity contribution in [1.29, 1.82) is 0 Å². The van der Waals surface area contributed by atoms with Crippen LogP contribution in [0.25, 0.3) is 0 Å². The van der Waals surface area contributed by atoms with E-state index in [1.807, 2.05) is 0 Å². The molecule has 120 valence electrons. The van der Waals surface area contributed by atoms with Crippen molar-refractivity contribution in [2.45, 2.75) is 59.8 Å². The fourth-order valence-electron chi connectivity index (χ4n) is 5.85. The number of Topliss-reactive ketones (excluding diaryl/α,β-unsaturated/α-hetero) is 2. The number of ketones is 2. The van der Waals surface area contributed by atoms with Crippen LogP contribution in [0.2, 0.25) is 0 Å². The first kappa shape index (κ1) is 15.7. The molecule has 2 nitrogen and oxygen atoms in total. The number of fused-ring (bicyclic) bond motifs is 3. The van der Waals surface area contributed by atoms with Crippen molar-refractivity contribution in [3.05, 3.63) is 23.8 Å². The van der Waals surface area contributed by atoms with Gasteiger partial charge in [0.25, 0.3) is 0 Å². The minimum absolute atomic E-state index is 0.115. The topological polar surface area (TPSA) is 34.1 Å². The van der Waals surface area contributed by atoms with Crippen LogP contribution in [0.15, 0.2) is 23.8 Å². The molecule has 3 rings (SSSR count). The van der Waals surface area contributed by atoms with E-state index in [4.69, 9.17) is 0 Å². The molecule has 2 saturated carbocycles. The predicted molar refractivity (Wildman–Crippen MR) is 88.4 cm³/mol. The second-order valence-electron chi connectivity index (χ2n) is 8.46. The van der Waals surface area contributed by atoms with Gasteiger partial charge < -0.3 is 0 Å². The van der Waals surface area contributed by atoms with Gasteiger partial charge in [-0.1, -0.05) is 39.0 Å². The first-order valence-electron chi connectivity index (χ1n) is 8.63. The van der Waals surface area contributed by atoms with E-state index in [1.165, 1.54) is 5.57 Å². The van der Waals surface area contributed by atoms with Crippen molar-refractivity contribution in [2.24, 2.45) is 28.6 Å². The number of carbonyl (C=O) groups excluding carboxylic acids is 2. The maximum Gasteiger partial charge on any atom is 0.166 e. The van der Waals surface area contributed by atoms with Crippen molar-refractivity contribution in [2.75, 3.05) is 0 Å². The monoisotopic (exact) mass is 300 g/mol. The molecule has 0 aromatic heterocycles. The van der Waals surface area contributed by atoms with Crippen LogP contribution in [0.4, 0.5) is 0 Å². The van der Waals surface area contributed by atoms with Gasteiger partial charge in [-0.25, -0.2) is 0 Å². The van der Waals surface area contributed by atoms with Crippen molar-refractivity contribution in [3.63, 3.8) is 0 Å². The van der Waals surface area contributed by atoms with Crippen molar-refractivity contribution < 1.29 is 9.59 Å². The summed E-state index contributed by atoms with van der Waals surface area (Å²) in [6.45, 7) is 12.5. The van der Waals surface area contributed by atoms with E-state index in [1.54, 1.807) is 6.08 Å². The van der Waals surface area contributed by atoms with Gasteiger partial charge in [0.05, 0.1) is 0 Å². The number of allylic oxidation sites excluding steroid dienone is 3. The molecule has 3 aliphatic rings. The summed E-state index contributed by atoms with van der Waals surface area (Å²) >= 11 is 0. The van der Waals surface area contributed by atoms with Crippen LogP contribution in [0, 0.1) is 28.6 Å². The minimum Gasteiger partial charge on any atom is -0.299 e. The highest BCUT2D eigenvalue weighted by atomic mass is 16.1. The number of hydrogen-bond donors (Lipinski definition) is 0. The van der Waals surface area contributed by atoms with Gasteiger partial charge in [-0.2, -0.15) is 0 Å². The molecule has 3 aliphatic carbocycles. The lowest BCUT2D eigenvalue weighted by Crippen LogP contribution is -2.56. The Morgan fingerprint density at radius 2 is 1.86 bits per heavy atom. The molecule has 0 spiro atoms. The van der Waals surface area contributed by atoms with Crippen molar-refractivity contribution in [1.82, 2.24) is 0 Å². The van der Waals surface area contributed by atoms with Gasteiger partial charge in [-0.3, -0.25) is 9.59 Å². The van der Waals surface area contributed by atoms with Crippen LogP contribution >= 0.6 is 0 Å². The minimum atomic E-state index is -0.239. The Balaban J connectivity index is 2.03. The Morgan fingerprint density at radius 3 is 2.50 bits per heavy atom. The Labute approximate surface area is 134 Å². The smallest absolute Gasteiger partial charge is 0.166 e. The highest BCUT2D eigenvalue weighted by Gasteiger charge is 2.59. The summed E-state index contributed by atoms with van der Waals surface area (Å²) in [5.41, 5.74) is 1.92. The summed E-state index contributed by atoms with van der Waals surface area (Å²) in [5, 5.41) is 0. The van der Waals surface area contributed by atoms with Crippen molar-refractivity contribution >= 4 is 11.6 Å². The van der Waals surface area contributed by atoms with Gasteiger partial charge >= 0.3 is 0 Å². The first-order chi connectivity index (χ1) is 10.2. The molecule has 0 unspecified atom stereocenters. The first-order valence-corrected chi connectivity index (χ1v) is 8.63. The summed E-state index contributed by atoms with van der Waals surface area (Å²) in [6.07, 6.45) is 6.31. The fourth-order valence-corrected chi connectivity index (χ4v) is 5.85. The zero-order chi connectivity index (χ0) is 16.3. The lowest BCUT2D eigenvalue weighted by Gasteiger charge is -2.59. The van der Waals surface area contributed by atoms with Crippen LogP contribution in [0.5, 0.6) is 0 Å². The lowest BCUT2D eigenvalue weighted by atomic mass is 9.44. The number of carbonyl (C=O) groups is 2. The summed E-state index contributed by atoms with van der Waals surface area (Å²) in [6, 6.07) is 0. The molecule has 0 N–H and O–H groups in total. The highest BCUT2D eigenvalue weighted by Crippen LogP contribution is 2.62. The zero-order valence-electron chi connectivity index (χ0n) is 14.4. The molecule has 2 heteroatoms. The van der Waals surface area contributed by atoms with E-state index in [0.29, 0.717) is 29.8 Å². The Hall–Kier alpha value is -1.18. The molecule has 0 heterocycles. The second kappa shape index (κ2) is 4.91. The molecular formula is C20H28O2. The van der Waals surface area contributed by atoms with Crippen LogP contribution in [0.1, 0.15) is 59.8 Å². The SMILES string of the molecule is C=CC1=C(C)C[C@H]2[C@@H](CC[C@H]3C(C)(C)C(=O)CC[C@]23C)C1=O. The van der Waals surface area contributed by atoms with Gasteiger partial charge in [0.2, 0.25) is 0 Å². The Morgan fingerprint density at radius 1 is 1.18 bits per heavy atom. The Kier molecular flexibility index (Phi) is 3.50. The molecule has 0 amide bonds. The molecule has 0 aromatic carbocycles. The number of hydrogen-bond acceptors (Lipinski definition) is 2. The van der Waals surface area contributed by atoms with Gasteiger partial charge in [0, 0.05) is 23.3 Å². The van der Waals surface area contributed by atoms with Crippen LogP contribution in [-0.4, -0.2) is 11.6 Å². The second-order valence-corrected chi connectivity index (χ2v) is 8.46. The molecule has 0 aliphatic heterocycles. The maximum atomic E-state index is 12.8. The predicted octanol–water partition coefficient (Wildman–Crippen LogP) is 4.50. The van der Waals surface area contributed by atoms with E-state index in [9.17, 15) is 9.59 Å². The molecule has 0 radical (unpaired) electrons. The third-order valence-electron chi connectivity index (χ3n) is 7.17. The van der Waals surface area contributed by atoms with E-state index in [0.717, 1.165) is 31.3 Å². The summed E-state index contributed by atoms with van der Waals surface area (Å²) in [5.74, 6) is 1.66. The maximum absolute atomic E-state index is 12.8. The van der Waals surface area contributed by atoms with Crippen molar-refractivity contribution in [3.8, 4) is 0 Å². The molecule has 0 saturated heterocycles. The van der Waals surface area contributed by atoms with Gasteiger partial charge in [0.15, 0.2) is 5.78 Å². The molecular weight excluding hydrogens is 272 g/mol. The average Bonchev–Trinajstić information content (AvgIpc) is 2.45. The average molecular weight is 300 g/mol. The summed E-state index contributed by atoms with van der Waals surface area (Å²) in [7, 11) is 0. The fraction of sp³-hybridized carbons (Fsp3) is 0.700. The van der Waals surface area contributed by atoms with Gasteiger partial charge in [0.1, 0.15) is 5.78 Å². The highest BCUT2D eigenvalue weighted by molar-refractivity contribution is 6.01. The van der Waals surface area contributed by atoms with Crippen LogP contribution in [-0.2, 0) is 9.59 Å². The Bertz CT molecular complexity index is 581. The molecule has 0 bridgehead atoms. The molecule has 2 fully saturated rings. The third kappa shape index (κ3) is 1.92. The normalized spacial score (nSPS) is 41.0. The lowest BCUT2D eigenvalue weighted by molar-refractivity contribution is -0.154. The zero-order valence-corrected chi connectivity index (χ0v) is 14.4. The molecule has 22 heavy (non-hydrogen) atoms. The number of rotatable bonds is 1. The van der Waals surface area contributed by atoms with E-state index in [-0.39, 0.29) is 16.7 Å². The summed E-state index contributed by atoms with van der Waals surface area (Å²) < 4.78 is 0. The largest absolute Gasteiger partial charge is 0.299 e. The standard InChI is InChI=1S/C20H28O2/c1-6-13-12(2)11-15-14(18(13)22)7-8-16-19(3,4)17(21)9-10-20(15,16)5/h6,14-16H,1,7-11H2,2-5H3/t14-,15+,16+,20-/m1/s1. The van der Waals surface area contributed by atoms with Crippen LogP contribution in [0.3, 0.4) is 0 Å². The summed E-state index contributed by atoms with van der Waals surface area (Å²) in [4.78, 5) is 25.3. The van der Waals surface area contributed by atoms with Crippen LogP contribution < -0.4 is 0 Å². The molecule has 0 aromatic rings. The van der Waals surface area contributed by atoms with Gasteiger partial charge in [-0.15, -0.1) is 0 Å². The van der Waals surface area contributed by atoms with Gasteiger partial charge in [-0.05, 0) is 49.9 Å². The van der Waals surface area contributed by atoms with E-state index < -0.39 is 0 Å². The third-order valence-corrected chi connectivity index (χ3v) is 7.17. The molecule has 4 atom stereocenters. The van der Waals surface area contributed by atoms with E-state index in [2.05, 4.69) is 34.3 Å². The van der Waals surface area contributed by atoms with E-state index >= 15 is 0 Å². The quantitative estimate of drug-likeness (QED) is 0.714.